The molecular weight excluding hydrogens is 292 g/mol. The standard InChI is InChI=1S/C13H16N4O3S/c1-3-10-12(13(19)20)14-15-17(10)7-11(18)16(2)6-9-4-5-21-8-9/h4-5,8H,3,6-7H2,1-2H3,(H,19,20). The van der Waals surface area contributed by atoms with Crippen LogP contribution in [-0.4, -0.2) is 43.9 Å². The molecule has 21 heavy (non-hydrogen) atoms. The number of carbonyl (C=O) groups excluding carboxylic acids is 1. The summed E-state index contributed by atoms with van der Waals surface area (Å²) in [6, 6.07) is 1.96. The van der Waals surface area contributed by atoms with Gasteiger partial charge in [0.05, 0.1) is 5.69 Å². The van der Waals surface area contributed by atoms with Crippen LogP contribution in [0.25, 0.3) is 0 Å². The Morgan fingerprint density at radius 2 is 2.24 bits per heavy atom. The number of nitrogens with zero attached hydrogens (tertiary/aromatic N) is 4. The Hall–Kier alpha value is -2.22. The molecule has 0 bridgehead atoms. The number of likely N-dealkylation sites (N-methyl/N-ethyl adjacent to an activating group) is 1. The summed E-state index contributed by atoms with van der Waals surface area (Å²) >= 11 is 1.58. The van der Waals surface area contributed by atoms with Gasteiger partial charge in [0.15, 0.2) is 5.69 Å². The maximum atomic E-state index is 12.2. The second-order valence-corrected chi connectivity index (χ2v) is 5.36. The van der Waals surface area contributed by atoms with E-state index in [4.69, 9.17) is 5.11 Å². The molecule has 0 aliphatic carbocycles. The van der Waals surface area contributed by atoms with Gasteiger partial charge in [-0.05, 0) is 28.8 Å². The third-order valence-corrected chi connectivity index (χ3v) is 3.82. The summed E-state index contributed by atoms with van der Waals surface area (Å²) in [4.78, 5) is 24.8. The highest BCUT2D eigenvalue weighted by molar-refractivity contribution is 7.07. The fourth-order valence-corrected chi connectivity index (χ4v) is 2.63. The monoisotopic (exact) mass is 308 g/mol. The molecule has 0 aromatic carbocycles. The summed E-state index contributed by atoms with van der Waals surface area (Å²) in [7, 11) is 1.71. The van der Waals surface area contributed by atoms with Gasteiger partial charge in [0.2, 0.25) is 5.91 Å². The molecule has 0 atom stereocenters. The first kappa shape index (κ1) is 15.2. The van der Waals surface area contributed by atoms with Crippen molar-refractivity contribution >= 4 is 23.2 Å². The molecule has 0 saturated heterocycles. The Morgan fingerprint density at radius 1 is 1.48 bits per heavy atom. The van der Waals surface area contributed by atoms with Crippen LogP contribution in [0.15, 0.2) is 16.8 Å². The van der Waals surface area contributed by atoms with E-state index in [0.29, 0.717) is 18.7 Å². The van der Waals surface area contributed by atoms with E-state index in [0.717, 1.165) is 5.56 Å². The highest BCUT2D eigenvalue weighted by atomic mass is 32.1. The minimum absolute atomic E-state index is 0.00983. The van der Waals surface area contributed by atoms with E-state index < -0.39 is 5.97 Å². The molecule has 2 heterocycles. The minimum atomic E-state index is -1.13. The van der Waals surface area contributed by atoms with Gasteiger partial charge in [-0.1, -0.05) is 12.1 Å². The number of amides is 1. The first-order valence-electron chi connectivity index (χ1n) is 6.43. The van der Waals surface area contributed by atoms with Crippen molar-refractivity contribution in [2.24, 2.45) is 0 Å². The van der Waals surface area contributed by atoms with Crippen LogP contribution in [0, 0.1) is 0 Å². The third kappa shape index (κ3) is 3.46. The summed E-state index contributed by atoms with van der Waals surface area (Å²) in [6.07, 6.45) is 0.455. The third-order valence-electron chi connectivity index (χ3n) is 3.09. The summed E-state index contributed by atoms with van der Waals surface area (Å²) in [5, 5.41) is 20.3. The molecule has 0 saturated carbocycles. The predicted molar refractivity (Wildman–Crippen MR) is 77.2 cm³/mol. The Morgan fingerprint density at radius 3 is 2.81 bits per heavy atom. The largest absolute Gasteiger partial charge is 0.476 e. The molecule has 2 aromatic heterocycles. The van der Waals surface area contributed by atoms with Crippen LogP contribution >= 0.6 is 11.3 Å². The first-order valence-corrected chi connectivity index (χ1v) is 7.38. The van der Waals surface area contributed by atoms with Crippen molar-refractivity contribution in [3.05, 3.63) is 33.8 Å². The fraction of sp³-hybridized carbons (Fsp3) is 0.385. The normalized spacial score (nSPS) is 10.6. The minimum Gasteiger partial charge on any atom is -0.476 e. The number of hydrogen-bond acceptors (Lipinski definition) is 5. The van der Waals surface area contributed by atoms with Gasteiger partial charge in [0.1, 0.15) is 6.54 Å². The molecule has 0 aliphatic heterocycles. The number of thiophene rings is 1. The molecular formula is C13H16N4O3S. The number of carboxylic acids is 1. The van der Waals surface area contributed by atoms with Crippen molar-refractivity contribution in [2.75, 3.05) is 7.05 Å². The zero-order valence-electron chi connectivity index (χ0n) is 11.8. The van der Waals surface area contributed by atoms with Crippen LogP contribution in [0.2, 0.25) is 0 Å². The van der Waals surface area contributed by atoms with Crippen molar-refractivity contribution in [3.8, 4) is 0 Å². The smallest absolute Gasteiger partial charge is 0.358 e. The summed E-state index contributed by atoms with van der Waals surface area (Å²) in [6.45, 7) is 2.32. The molecule has 8 heteroatoms. The highest BCUT2D eigenvalue weighted by Crippen LogP contribution is 2.10. The van der Waals surface area contributed by atoms with Crippen LogP contribution in [0.3, 0.4) is 0 Å². The highest BCUT2D eigenvalue weighted by Gasteiger charge is 2.20. The molecule has 0 aliphatic rings. The zero-order chi connectivity index (χ0) is 15.4. The van der Waals surface area contributed by atoms with E-state index in [9.17, 15) is 9.59 Å². The van der Waals surface area contributed by atoms with Crippen molar-refractivity contribution in [3.63, 3.8) is 0 Å². The number of aromatic nitrogens is 3. The van der Waals surface area contributed by atoms with Gasteiger partial charge in [0, 0.05) is 13.6 Å². The average molecular weight is 308 g/mol. The van der Waals surface area contributed by atoms with E-state index in [2.05, 4.69) is 10.3 Å². The second kappa shape index (κ2) is 6.49. The summed E-state index contributed by atoms with van der Waals surface area (Å²) < 4.78 is 1.36. The predicted octanol–water partition coefficient (Wildman–Crippen LogP) is 1.26. The second-order valence-electron chi connectivity index (χ2n) is 4.58. The van der Waals surface area contributed by atoms with Gasteiger partial charge < -0.3 is 10.0 Å². The molecule has 1 N–H and O–H groups in total. The molecule has 1 amide bonds. The lowest BCUT2D eigenvalue weighted by molar-refractivity contribution is -0.131. The number of carbonyl (C=O) groups is 2. The van der Waals surface area contributed by atoms with Gasteiger partial charge in [-0.3, -0.25) is 4.79 Å². The molecule has 2 aromatic rings. The van der Waals surface area contributed by atoms with Crippen molar-refractivity contribution < 1.29 is 14.7 Å². The van der Waals surface area contributed by atoms with Gasteiger partial charge in [-0.15, -0.1) is 5.10 Å². The molecule has 2 rings (SSSR count). The van der Waals surface area contributed by atoms with Crippen LogP contribution in [0.1, 0.15) is 28.7 Å². The van der Waals surface area contributed by atoms with E-state index in [1.807, 2.05) is 16.8 Å². The van der Waals surface area contributed by atoms with Crippen LogP contribution in [0.5, 0.6) is 0 Å². The van der Waals surface area contributed by atoms with Crippen molar-refractivity contribution in [1.82, 2.24) is 19.9 Å². The lowest BCUT2D eigenvalue weighted by Crippen LogP contribution is -2.30. The average Bonchev–Trinajstić information content (AvgIpc) is 3.07. The van der Waals surface area contributed by atoms with Crippen molar-refractivity contribution in [2.45, 2.75) is 26.4 Å². The number of hydrogen-bond donors (Lipinski definition) is 1. The zero-order valence-corrected chi connectivity index (χ0v) is 12.6. The summed E-state index contributed by atoms with van der Waals surface area (Å²) in [5.74, 6) is -1.27. The van der Waals surface area contributed by atoms with Gasteiger partial charge in [-0.25, -0.2) is 9.48 Å². The van der Waals surface area contributed by atoms with Gasteiger partial charge in [0.25, 0.3) is 0 Å². The van der Waals surface area contributed by atoms with E-state index in [1.165, 1.54) is 4.68 Å². The van der Waals surface area contributed by atoms with E-state index in [-0.39, 0.29) is 18.1 Å². The van der Waals surface area contributed by atoms with Gasteiger partial charge >= 0.3 is 5.97 Å². The van der Waals surface area contributed by atoms with E-state index >= 15 is 0 Å². The fourth-order valence-electron chi connectivity index (χ4n) is 1.97. The maximum absolute atomic E-state index is 12.2. The van der Waals surface area contributed by atoms with Gasteiger partial charge in [-0.2, -0.15) is 11.3 Å². The lowest BCUT2D eigenvalue weighted by atomic mass is 10.2. The molecule has 112 valence electrons. The van der Waals surface area contributed by atoms with Crippen LogP contribution in [0.4, 0.5) is 0 Å². The topological polar surface area (TPSA) is 88.3 Å². The number of rotatable bonds is 6. The number of aromatic carboxylic acids is 1. The molecule has 7 nitrogen and oxygen atoms in total. The molecule has 0 spiro atoms. The lowest BCUT2D eigenvalue weighted by Gasteiger charge is -2.16. The van der Waals surface area contributed by atoms with Crippen LogP contribution in [-0.2, 0) is 24.3 Å². The molecule has 0 radical (unpaired) electrons. The Balaban J connectivity index is 2.07. The van der Waals surface area contributed by atoms with Crippen molar-refractivity contribution in [1.29, 1.82) is 0 Å². The quantitative estimate of drug-likeness (QED) is 0.868. The van der Waals surface area contributed by atoms with Crippen LogP contribution < -0.4 is 0 Å². The Kier molecular flexibility index (Phi) is 4.69. The SMILES string of the molecule is CCc1c(C(=O)O)nnn1CC(=O)N(C)Cc1ccsc1. The number of carboxylic acid groups (broad SMARTS) is 1. The Bertz CT molecular complexity index is 636. The maximum Gasteiger partial charge on any atom is 0.358 e. The first-order chi connectivity index (χ1) is 10.0. The molecule has 0 fully saturated rings. The van der Waals surface area contributed by atoms with E-state index in [1.54, 1.807) is 30.2 Å². The molecule has 0 unspecified atom stereocenters. The Labute approximate surface area is 125 Å². The summed E-state index contributed by atoms with van der Waals surface area (Å²) in [5.41, 5.74) is 1.43.